The molecule has 1 saturated heterocycles. The smallest absolute Gasteiger partial charge is 0.378 e. The molecular weight excluding hydrogens is 461 g/mol. The van der Waals surface area contributed by atoms with Crippen molar-refractivity contribution in [2.75, 3.05) is 55.4 Å². The number of amides is 2. The van der Waals surface area contributed by atoms with Crippen LogP contribution in [0.4, 0.5) is 30.2 Å². The van der Waals surface area contributed by atoms with Crippen LogP contribution in [0.5, 0.6) is 0 Å². The zero-order chi connectivity index (χ0) is 25.8. The zero-order valence-corrected chi connectivity index (χ0v) is 20.3. The molecule has 0 aliphatic carbocycles. The zero-order valence-electron chi connectivity index (χ0n) is 20.3. The van der Waals surface area contributed by atoms with Gasteiger partial charge in [-0.2, -0.15) is 13.2 Å². The van der Waals surface area contributed by atoms with E-state index in [0.29, 0.717) is 32.0 Å². The second kappa shape index (κ2) is 11.1. The Balaban J connectivity index is 1.72. The van der Waals surface area contributed by atoms with Crippen LogP contribution in [0.3, 0.4) is 0 Å². The van der Waals surface area contributed by atoms with Gasteiger partial charge in [0.15, 0.2) is 0 Å². The fourth-order valence-corrected chi connectivity index (χ4v) is 3.88. The summed E-state index contributed by atoms with van der Waals surface area (Å²) < 4.78 is 45.4. The predicted molar refractivity (Wildman–Crippen MR) is 130 cm³/mol. The predicted octanol–water partition coefficient (Wildman–Crippen LogP) is 4.06. The number of nitrogens with zero attached hydrogens (tertiary/aromatic N) is 2. The molecule has 3 rings (SSSR count). The molecule has 10 heteroatoms. The first-order chi connectivity index (χ1) is 16.5. The lowest BCUT2D eigenvalue weighted by atomic mass is 10.1. The summed E-state index contributed by atoms with van der Waals surface area (Å²) in [6, 6.07) is 8.24. The molecule has 1 aliphatic rings. The van der Waals surface area contributed by atoms with Crippen molar-refractivity contribution in [1.29, 1.82) is 0 Å². The maximum Gasteiger partial charge on any atom is 0.416 e. The molecule has 1 atom stereocenters. The first-order valence-electron chi connectivity index (χ1n) is 11.4. The molecule has 2 amide bonds. The molecule has 0 spiro atoms. The molecule has 2 N–H and O–H groups in total. The van der Waals surface area contributed by atoms with Gasteiger partial charge in [0.1, 0.15) is 0 Å². The van der Waals surface area contributed by atoms with Crippen molar-refractivity contribution in [3.8, 4) is 0 Å². The minimum atomic E-state index is -4.54. The van der Waals surface area contributed by atoms with E-state index in [-0.39, 0.29) is 18.1 Å². The highest BCUT2D eigenvalue weighted by molar-refractivity contribution is 5.99. The Morgan fingerprint density at radius 3 is 2.31 bits per heavy atom. The van der Waals surface area contributed by atoms with Crippen LogP contribution in [0.25, 0.3) is 0 Å². The van der Waals surface area contributed by atoms with E-state index in [1.807, 2.05) is 36.9 Å². The van der Waals surface area contributed by atoms with Crippen LogP contribution >= 0.6 is 0 Å². The van der Waals surface area contributed by atoms with Crippen LogP contribution in [0.2, 0.25) is 0 Å². The second-order valence-electron chi connectivity index (χ2n) is 8.72. The number of hydrogen-bond acceptors (Lipinski definition) is 5. The Labute approximate surface area is 203 Å². The summed E-state index contributed by atoms with van der Waals surface area (Å²) in [5, 5.41) is 5.52. The van der Waals surface area contributed by atoms with Crippen LogP contribution in [-0.4, -0.2) is 62.7 Å². The topological polar surface area (TPSA) is 73.9 Å². The number of likely N-dealkylation sites (N-methyl/N-ethyl adjacent to an activating group) is 1. The van der Waals surface area contributed by atoms with Crippen molar-refractivity contribution in [2.24, 2.45) is 0 Å². The summed E-state index contributed by atoms with van der Waals surface area (Å²) in [4.78, 5) is 29.0. The molecule has 0 aromatic heterocycles. The van der Waals surface area contributed by atoms with E-state index in [9.17, 15) is 22.8 Å². The lowest BCUT2D eigenvalue weighted by Crippen LogP contribution is -2.43. The van der Waals surface area contributed by atoms with Gasteiger partial charge in [0.2, 0.25) is 11.8 Å². The highest BCUT2D eigenvalue weighted by Gasteiger charge is 2.32. The normalized spacial score (nSPS) is 15.1. The molecule has 2 aromatic carbocycles. The maximum absolute atomic E-state index is 13.3. The SMILES string of the molecule is Cc1cccc(C)c1NC(=O)CN(C)[C@H](C)C(=O)Nc1cc(C(F)(F)F)ccc1N1CCOCC1. The van der Waals surface area contributed by atoms with Crippen molar-refractivity contribution in [3.63, 3.8) is 0 Å². The van der Waals surface area contributed by atoms with Gasteiger partial charge in [0.25, 0.3) is 0 Å². The summed E-state index contributed by atoms with van der Waals surface area (Å²) in [7, 11) is 1.61. The minimum Gasteiger partial charge on any atom is -0.378 e. The van der Waals surface area contributed by atoms with Crippen molar-refractivity contribution in [3.05, 3.63) is 53.1 Å². The lowest BCUT2D eigenvalue weighted by Gasteiger charge is -2.31. The van der Waals surface area contributed by atoms with Gasteiger partial charge in [0, 0.05) is 18.8 Å². The van der Waals surface area contributed by atoms with Crippen molar-refractivity contribution >= 4 is 28.9 Å². The fourth-order valence-electron chi connectivity index (χ4n) is 3.88. The maximum atomic E-state index is 13.3. The third kappa shape index (κ3) is 6.73. The Morgan fingerprint density at radius 2 is 1.71 bits per heavy atom. The van der Waals surface area contributed by atoms with E-state index >= 15 is 0 Å². The number of aryl methyl sites for hydroxylation is 2. The van der Waals surface area contributed by atoms with Crippen molar-refractivity contribution in [2.45, 2.75) is 33.0 Å². The fraction of sp³-hybridized carbons (Fsp3) is 0.440. The van der Waals surface area contributed by atoms with E-state index in [1.54, 1.807) is 18.9 Å². The van der Waals surface area contributed by atoms with Crippen LogP contribution in [0, 0.1) is 13.8 Å². The molecular formula is C25H31F3N4O3. The van der Waals surface area contributed by atoms with Gasteiger partial charge in [-0.25, -0.2) is 0 Å². The number of benzene rings is 2. The summed E-state index contributed by atoms with van der Waals surface area (Å²) in [5.41, 5.74) is 2.30. The number of ether oxygens (including phenoxy) is 1. The summed E-state index contributed by atoms with van der Waals surface area (Å²) in [5.74, 6) is -0.807. The molecule has 0 saturated carbocycles. The lowest BCUT2D eigenvalue weighted by molar-refractivity contribution is -0.137. The van der Waals surface area contributed by atoms with E-state index < -0.39 is 23.7 Å². The number of carbonyl (C=O) groups is 2. The number of anilines is 3. The molecule has 1 heterocycles. The van der Waals surface area contributed by atoms with Gasteiger partial charge < -0.3 is 20.3 Å². The summed E-state index contributed by atoms with van der Waals surface area (Å²) >= 11 is 0. The highest BCUT2D eigenvalue weighted by atomic mass is 19.4. The molecule has 2 aromatic rings. The van der Waals surface area contributed by atoms with Gasteiger partial charge in [-0.15, -0.1) is 0 Å². The average molecular weight is 493 g/mol. The van der Waals surface area contributed by atoms with Gasteiger partial charge >= 0.3 is 6.18 Å². The van der Waals surface area contributed by atoms with E-state index in [0.717, 1.165) is 28.9 Å². The third-order valence-electron chi connectivity index (χ3n) is 6.11. The van der Waals surface area contributed by atoms with E-state index in [4.69, 9.17) is 4.74 Å². The average Bonchev–Trinajstić information content (AvgIpc) is 2.81. The summed E-state index contributed by atoms with van der Waals surface area (Å²) in [6.45, 7) is 7.22. The number of alkyl halides is 3. The van der Waals surface area contributed by atoms with Crippen molar-refractivity contribution < 1.29 is 27.5 Å². The first-order valence-corrected chi connectivity index (χ1v) is 11.4. The quantitative estimate of drug-likeness (QED) is 0.610. The number of rotatable bonds is 7. The van der Waals surface area contributed by atoms with Crippen LogP contribution in [0.15, 0.2) is 36.4 Å². The highest BCUT2D eigenvalue weighted by Crippen LogP contribution is 2.36. The largest absolute Gasteiger partial charge is 0.416 e. The minimum absolute atomic E-state index is 0.0682. The number of halogens is 3. The number of morpholine rings is 1. The standard InChI is InChI=1S/C25H31F3N4O3/c1-16-6-5-7-17(2)23(16)30-22(33)15-31(4)18(3)24(34)29-20-14-19(25(26,27)28)8-9-21(20)32-10-12-35-13-11-32/h5-9,14,18H,10-13,15H2,1-4H3,(H,29,34)(H,30,33)/t18-/m1/s1. The van der Waals surface area contributed by atoms with Crippen LogP contribution in [-0.2, 0) is 20.5 Å². The Morgan fingerprint density at radius 1 is 1.09 bits per heavy atom. The molecule has 1 fully saturated rings. The Kier molecular flexibility index (Phi) is 8.39. The number of carbonyl (C=O) groups excluding carboxylic acids is 2. The van der Waals surface area contributed by atoms with E-state index in [1.165, 1.54) is 6.07 Å². The summed E-state index contributed by atoms with van der Waals surface area (Å²) in [6.07, 6.45) is -4.54. The Hall–Kier alpha value is -3.11. The molecule has 0 unspecified atom stereocenters. The number of nitrogens with one attached hydrogen (secondary N) is 2. The molecule has 0 bridgehead atoms. The molecule has 7 nitrogen and oxygen atoms in total. The Bertz CT molecular complexity index is 1050. The van der Waals surface area contributed by atoms with Crippen LogP contribution in [0.1, 0.15) is 23.6 Å². The van der Waals surface area contributed by atoms with Gasteiger partial charge in [-0.3, -0.25) is 14.5 Å². The van der Waals surface area contributed by atoms with Gasteiger partial charge in [-0.1, -0.05) is 18.2 Å². The van der Waals surface area contributed by atoms with Gasteiger partial charge in [-0.05, 0) is 57.1 Å². The number of para-hydroxylation sites is 1. The molecule has 190 valence electrons. The van der Waals surface area contributed by atoms with Gasteiger partial charge in [0.05, 0.1) is 42.7 Å². The van der Waals surface area contributed by atoms with E-state index in [2.05, 4.69) is 10.6 Å². The second-order valence-corrected chi connectivity index (χ2v) is 8.72. The van der Waals surface area contributed by atoms with Crippen LogP contribution < -0.4 is 15.5 Å². The third-order valence-corrected chi connectivity index (χ3v) is 6.11. The monoisotopic (exact) mass is 492 g/mol. The number of hydrogen-bond donors (Lipinski definition) is 2. The molecule has 35 heavy (non-hydrogen) atoms. The first kappa shape index (κ1) is 26.5. The van der Waals surface area contributed by atoms with Crippen molar-refractivity contribution in [1.82, 2.24) is 4.90 Å². The molecule has 1 aliphatic heterocycles. The molecule has 0 radical (unpaired) electrons.